The van der Waals surface area contributed by atoms with Crippen molar-refractivity contribution in [3.8, 4) is 5.88 Å². The van der Waals surface area contributed by atoms with Crippen LogP contribution in [0.25, 0.3) is 0 Å². The number of halogens is 2. The largest absolute Gasteiger partial charge is 0.471 e. The molecule has 2 nitrogen and oxygen atoms in total. The van der Waals surface area contributed by atoms with E-state index in [0.29, 0.717) is 0 Å². The molecule has 0 saturated heterocycles. The minimum Gasteiger partial charge on any atom is -0.471 e. The summed E-state index contributed by atoms with van der Waals surface area (Å²) in [4.78, 5) is 3.79. The van der Waals surface area contributed by atoms with E-state index in [1.807, 2.05) is 0 Å². The van der Waals surface area contributed by atoms with E-state index in [4.69, 9.17) is 4.74 Å². The quantitative estimate of drug-likeness (QED) is 0.697. The highest BCUT2D eigenvalue weighted by molar-refractivity contribution is 5.23. The maximum absolute atomic E-state index is 11.7. The molecule has 66 valence electrons. The van der Waals surface area contributed by atoms with Gasteiger partial charge in [-0.2, -0.15) is 0 Å². The summed E-state index contributed by atoms with van der Waals surface area (Å²) in [6.45, 7) is 1.16. The molecule has 0 amide bonds. The molecule has 0 aliphatic carbocycles. The Balaban J connectivity index is 2.57. The number of pyridine rings is 1. The molecular formula is C8H9F2NO. The van der Waals surface area contributed by atoms with Crippen LogP contribution in [0.15, 0.2) is 18.3 Å². The number of aryl methyl sites for hydroxylation is 1. The van der Waals surface area contributed by atoms with Gasteiger partial charge in [-0.05, 0) is 13.0 Å². The molecule has 1 aromatic rings. The molecule has 0 N–H and O–H groups in total. The van der Waals surface area contributed by atoms with Crippen molar-refractivity contribution < 1.29 is 13.5 Å². The van der Waals surface area contributed by atoms with Gasteiger partial charge in [0.05, 0.1) is 0 Å². The molecule has 0 radical (unpaired) electrons. The van der Waals surface area contributed by atoms with Gasteiger partial charge >= 0.3 is 0 Å². The molecule has 0 fully saturated rings. The van der Waals surface area contributed by atoms with Crippen molar-refractivity contribution in [2.45, 2.75) is 13.3 Å². The minimum absolute atomic E-state index is 0.276. The van der Waals surface area contributed by atoms with Gasteiger partial charge in [0.15, 0.2) is 6.61 Å². The Morgan fingerprint density at radius 2 is 2.33 bits per heavy atom. The van der Waals surface area contributed by atoms with E-state index in [1.54, 1.807) is 19.1 Å². The summed E-state index contributed by atoms with van der Waals surface area (Å²) in [6, 6.07) is 3.48. The Morgan fingerprint density at radius 3 is 2.92 bits per heavy atom. The third kappa shape index (κ3) is 2.45. The molecule has 0 saturated carbocycles. The van der Waals surface area contributed by atoms with Crippen LogP contribution in [0, 0.1) is 6.92 Å². The van der Waals surface area contributed by atoms with Crippen molar-refractivity contribution in [2.24, 2.45) is 0 Å². The molecular weight excluding hydrogens is 164 g/mol. The highest BCUT2D eigenvalue weighted by atomic mass is 19.3. The van der Waals surface area contributed by atoms with Crippen LogP contribution in [0.3, 0.4) is 0 Å². The zero-order valence-electron chi connectivity index (χ0n) is 6.63. The first-order valence-electron chi connectivity index (χ1n) is 3.52. The second kappa shape index (κ2) is 3.99. The summed E-state index contributed by atoms with van der Waals surface area (Å²) in [6.07, 6.45) is -0.945. The maximum atomic E-state index is 11.7. The lowest BCUT2D eigenvalue weighted by Crippen LogP contribution is -2.08. The summed E-state index contributed by atoms with van der Waals surface area (Å²) < 4.78 is 28.1. The second-order valence-corrected chi connectivity index (χ2v) is 2.33. The van der Waals surface area contributed by atoms with Gasteiger partial charge < -0.3 is 4.74 Å². The standard InChI is InChI=1S/C8H9F2NO/c1-6-3-2-4-11-8(6)12-5-7(9)10/h2-4,7H,5H2,1H3. The van der Waals surface area contributed by atoms with Gasteiger partial charge in [-0.1, -0.05) is 6.07 Å². The molecule has 1 rings (SSSR count). The van der Waals surface area contributed by atoms with Gasteiger partial charge in [-0.3, -0.25) is 0 Å². The Kier molecular flexibility index (Phi) is 2.96. The van der Waals surface area contributed by atoms with Gasteiger partial charge in [0.1, 0.15) is 0 Å². The molecule has 0 aromatic carbocycles. The summed E-state index contributed by atoms with van der Waals surface area (Å²) in [5.74, 6) is 0.276. The molecule has 12 heavy (non-hydrogen) atoms. The van der Waals surface area contributed by atoms with Crippen LogP contribution >= 0.6 is 0 Å². The number of alkyl halides is 2. The van der Waals surface area contributed by atoms with Crippen LogP contribution in [0.1, 0.15) is 5.56 Å². The van der Waals surface area contributed by atoms with Crippen LogP contribution in [-0.2, 0) is 0 Å². The van der Waals surface area contributed by atoms with E-state index in [9.17, 15) is 8.78 Å². The fourth-order valence-corrected chi connectivity index (χ4v) is 0.764. The highest BCUT2D eigenvalue weighted by Gasteiger charge is 2.05. The first-order chi connectivity index (χ1) is 5.70. The van der Waals surface area contributed by atoms with E-state index in [0.717, 1.165) is 5.56 Å². The third-order valence-electron chi connectivity index (χ3n) is 1.31. The average molecular weight is 173 g/mol. The van der Waals surface area contributed by atoms with Crippen molar-refractivity contribution in [3.05, 3.63) is 23.9 Å². The van der Waals surface area contributed by atoms with Gasteiger partial charge in [-0.25, -0.2) is 13.8 Å². The lowest BCUT2D eigenvalue weighted by Gasteiger charge is -2.05. The van der Waals surface area contributed by atoms with E-state index >= 15 is 0 Å². The molecule has 0 aliphatic rings. The number of hydrogen-bond acceptors (Lipinski definition) is 2. The second-order valence-electron chi connectivity index (χ2n) is 2.33. The van der Waals surface area contributed by atoms with E-state index in [-0.39, 0.29) is 5.88 Å². The topological polar surface area (TPSA) is 22.1 Å². The van der Waals surface area contributed by atoms with Crippen molar-refractivity contribution in [1.82, 2.24) is 4.98 Å². The summed E-state index contributed by atoms with van der Waals surface area (Å²) >= 11 is 0. The normalized spacial score (nSPS) is 10.3. The fourth-order valence-electron chi connectivity index (χ4n) is 0.764. The number of rotatable bonds is 3. The number of ether oxygens (including phenoxy) is 1. The number of hydrogen-bond donors (Lipinski definition) is 0. The molecule has 0 spiro atoms. The monoisotopic (exact) mass is 173 g/mol. The van der Waals surface area contributed by atoms with Crippen LogP contribution in [-0.4, -0.2) is 18.0 Å². The van der Waals surface area contributed by atoms with Crippen LogP contribution in [0.5, 0.6) is 5.88 Å². The summed E-state index contributed by atoms with van der Waals surface area (Å²) in [5, 5.41) is 0. The van der Waals surface area contributed by atoms with E-state index in [1.165, 1.54) is 6.20 Å². The highest BCUT2D eigenvalue weighted by Crippen LogP contribution is 2.12. The van der Waals surface area contributed by atoms with Gasteiger partial charge in [0.25, 0.3) is 6.43 Å². The maximum Gasteiger partial charge on any atom is 0.272 e. The average Bonchev–Trinajstić information content (AvgIpc) is 2.03. The zero-order chi connectivity index (χ0) is 8.97. The number of nitrogens with zero attached hydrogens (tertiary/aromatic N) is 1. The lowest BCUT2D eigenvalue weighted by atomic mass is 10.3. The molecule has 1 heterocycles. The predicted octanol–water partition coefficient (Wildman–Crippen LogP) is 2.03. The van der Waals surface area contributed by atoms with E-state index in [2.05, 4.69) is 4.98 Å². The molecule has 0 unspecified atom stereocenters. The zero-order valence-corrected chi connectivity index (χ0v) is 6.63. The minimum atomic E-state index is -2.45. The Labute approximate surface area is 69.2 Å². The smallest absolute Gasteiger partial charge is 0.272 e. The van der Waals surface area contributed by atoms with Gasteiger partial charge in [0, 0.05) is 11.8 Å². The summed E-state index contributed by atoms with van der Waals surface area (Å²) in [5.41, 5.74) is 0.762. The van der Waals surface area contributed by atoms with Crippen molar-refractivity contribution >= 4 is 0 Å². The van der Waals surface area contributed by atoms with Crippen LogP contribution in [0.4, 0.5) is 8.78 Å². The first-order valence-corrected chi connectivity index (χ1v) is 3.52. The predicted molar refractivity (Wildman–Crippen MR) is 40.5 cm³/mol. The van der Waals surface area contributed by atoms with Crippen molar-refractivity contribution in [1.29, 1.82) is 0 Å². The Hall–Kier alpha value is -1.19. The van der Waals surface area contributed by atoms with Crippen molar-refractivity contribution in [2.75, 3.05) is 6.61 Å². The van der Waals surface area contributed by atoms with Crippen LogP contribution in [0.2, 0.25) is 0 Å². The molecule has 0 bridgehead atoms. The van der Waals surface area contributed by atoms with E-state index < -0.39 is 13.0 Å². The molecule has 4 heteroatoms. The fraction of sp³-hybridized carbons (Fsp3) is 0.375. The molecule has 0 aliphatic heterocycles. The first kappa shape index (κ1) is 8.90. The summed E-state index contributed by atoms with van der Waals surface area (Å²) in [7, 11) is 0. The number of aromatic nitrogens is 1. The molecule has 1 aromatic heterocycles. The van der Waals surface area contributed by atoms with Gasteiger partial charge in [0.2, 0.25) is 5.88 Å². The Bertz CT molecular complexity index is 253. The third-order valence-corrected chi connectivity index (χ3v) is 1.31. The lowest BCUT2D eigenvalue weighted by molar-refractivity contribution is 0.0792. The Morgan fingerprint density at radius 1 is 1.58 bits per heavy atom. The van der Waals surface area contributed by atoms with Crippen LogP contribution < -0.4 is 4.74 Å². The van der Waals surface area contributed by atoms with Gasteiger partial charge in [-0.15, -0.1) is 0 Å². The van der Waals surface area contributed by atoms with Crippen molar-refractivity contribution in [3.63, 3.8) is 0 Å². The SMILES string of the molecule is Cc1cccnc1OCC(F)F. The molecule has 0 atom stereocenters.